The lowest BCUT2D eigenvalue weighted by atomic mass is 9.65. The maximum absolute atomic E-state index is 15.2. The van der Waals surface area contributed by atoms with Gasteiger partial charge < -0.3 is 49.6 Å². The molecule has 4 N–H and O–H groups in total. The minimum absolute atomic E-state index is 0.00514. The number of rotatable bonds is 20. The number of anilines is 1. The first-order valence-corrected chi connectivity index (χ1v) is 26.3. The Morgan fingerprint density at radius 3 is 2.19 bits per heavy atom. The Morgan fingerprint density at radius 2 is 1.46 bits per heavy atom. The first kappa shape index (κ1) is 53.1. The van der Waals surface area contributed by atoms with E-state index in [0.29, 0.717) is 59.7 Å². The second-order valence-corrected chi connectivity index (χ2v) is 20.0. The molecule has 4 fully saturated rings. The van der Waals surface area contributed by atoms with Crippen molar-refractivity contribution in [3.63, 3.8) is 0 Å². The highest BCUT2D eigenvalue weighted by atomic mass is 16.6. The molecule has 1 spiro atoms. The van der Waals surface area contributed by atoms with Crippen molar-refractivity contribution in [1.82, 2.24) is 20.4 Å². The number of benzene rings is 5. The first-order chi connectivity index (χ1) is 38.0. The lowest BCUT2D eigenvalue weighted by molar-refractivity contribution is -0.180. The quantitative estimate of drug-likeness (QED) is 0.0316. The van der Waals surface area contributed by atoms with Crippen molar-refractivity contribution in [1.29, 1.82) is 0 Å². The van der Waals surface area contributed by atoms with Crippen molar-refractivity contribution >= 4 is 47.2 Å². The number of carbonyl (C=O) groups excluding carboxylic acids is 7. The van der Waals surface area contributed by atoms with E-state index in [1.165, 1.54) is 17.9 Å². The van der Waals surface area contributed by atoms with Gasteiger partial charge in [-0.25, -0.2) is 0 Å². The van der Waals surface area contributed by atoms with Gasteiger partial charge in [0.1, 0.15) is 73.5 Å². The molecule has 5 aliphatic rings. The summed E-state index contributed by atoms with van der Waals surface area (Å²) in [4.78, 5) is 102. The number of esters is 3. The largest absolute Gasteiger partial charge is 0.491 e. The van der Waals surface area contributed by atoms with Crippen LogP contribution in [0.3, 0.4) is 0 Å². The molecule has 0 aliphatic carbocycles. The lowest BCUT2D eigenvalue weighted by Gasteiger charge is -2.46. The van der Waals surface area contributed by atoms with Crippen LogP contribution in [0.15, 0.2) is 146 Å². The lowest BCUT2D eigenvalue weighted by Crippen LogP contribution is -2.61. The number of hydrogen-bond acceptors (Lipinski definition) is 14. The number of carbonyl (C=O) groups is 7. The summed E-state index contributed by atoms with van der Waals surface area (Å²) in [7, 11) is 0. The van der Waals surface area contributed by atoms with Gasteiger partial charge in [0.05, 0.1) is 30.7 Å². The van der Waals surface area contributed by atoms with E-state index in [1.54, 1.807) is 72.8 Å². The van der Waals surface area contributed by atoms with Crippen molar-refractivity contribution in [3.05, 3.63) is 174 Å². The number of aliphatic hydroxyl groups is 1. The fourth-order valence-corrected chi connectivity index (χ4v) is 12.3. The summed E-state index contributed by atoms with van der Waals surface area (Å²) in [6, 6.07) is 34.4. The molecule has 4 amide bonds. The van der Waals surface area contributed by atoms with E-state index >= 15 is 4.79 Å². The molecule has 10 atom stereocenters. The normalized spacial score (nSPS) is 25.9. The molecule has 18 heteroatoms. The predicted octanol–water partition coefficient (Wildman–Crippen LogP) is 5.74. The molecule has 5 aliphatic heterocycles. The van der Waals surface area contributed by atoms with Crippen LogP contribution in [0, 0.1) is 11.8 Å². The summed E-state index contributed by atoms with van der Waals surface area (Å²) >= 11 is 0. The second-order valence-electron chi connectivity index (χ2n) is 20.0. The molecule has 0 radical (unpaired) electrons. The van der Waals surface area contributed by atoms with Crippen LogP contribution in [-0.4, -0.2) is 114 Å². The zero-order valence-electron chi connectivity index (χ0n) is 43.0. The van der Waals surface area contributed by atoms with Crippen LogP contribution in [0.5, 0.6) is 11.5 Å². The van der Waals surface area contributed by atoms with Crippen molar-refractivity contribution in [2.45, 2.75) is 80.4 Å². The zero-order valence-corrected chi connectivity index (χ0v) is 43.0. The SMILES string of the molecule is C=CCOC(=O)[C@H]1[C@@H]2C(=O)O[C@@H](c3ccccc3)[C@@H](c3ccccc3)N2[C@@H](c2ccc(OCCOC(=O)[C@@H]3C[C@@H]4C(=O)N[C@@H](CCCCNC(C)=O)C(=O)N4[C@@H]3c3cccc(OCCO)c3)cc2)[C@]12C(=O)Nc1ccccc12. The average Bonchev–Trinajstić information content (AvgIpc) is 2.91. The molecule has 5 heterocycles. The summed E-state index contributed by atoms with van der Waals surface area (Å²) in [5.74, 6) is -4.96. The Morgan fingerprint density at radius 1 is 0.756 bits per heavy atom. The van der Waals surface area contributed by atoms with Crippen LogP contribution in [0.4, 0.5) is 5.69 Å². The van der Waals surface area contributed by atoms with E-state index in [4.69, 9.17) is 23.7 Å². The Hall–Kier alpha value is -8.35. The van der Waals surface area contributed by atoms with Crippen molar-refractivity contribution < 1.29 is 62.4 Å². The Bertz CT molecular complexity index is 3070. The van der Waals surface area contributed by atoms with E-state index in [-0.39, 0.29) is 57.2 Å². The fourth-order valence-electron chi connectivity index (χ4n) is 12.3. The molecule has 0 bridgehead atoms. The number of cyclic esters (lactones) is 1. The van der Waals surface area contributed by atoms with Crippen molar-refractivity contribution in [2.75, 3.05) is 44.9 Å². The van der Waals surface area contributed by atoms with Gasteiger partial charge in [-0.1, -0.05) is 116 Å². The third-order valence-corrected chi connectivity index (χ3v) is 15.4. The van der Waals surface area contributed by atoms with Gasteiger partial charge in [-0.05, 0) is 83.8 Å². The van der Waals surface area contributed by atoms with Gasteiger partial charge in [0, 0.05) is 19.2 Å². The number of amides is 4. The number of nitrogens with zero attached hydrogens (tertiary/aromatic N) is 2. The van der Waals surface area contributed by atoms with E-state index in [9.17, 15) is 33.9 Å². The smallest absolute Gasteiger partial charge is 0.325 e. The van der Waals surface area contributed by atoms with Crippen LogP contribution < -0.4 is 25.4 Å². The number of ether oxygens (including phenoxy) is 5. The second kappa shape index (κ2) is 23.1. The molecular formula is C60H61N5O13. The van der Waals surface area contributed by atoms with Gasteiger partial charge in [0.2, 0.25) is 23.6 Å². The summed E-state index contributed by atoms with van der Waals surface area (Å²) in [6.07, 6.45) is 2.07. The van der Waals surface area contributed by atoms with Gasteiger partial charge in [-0.15, -0.1) is 0 Å². The van der Waals surface area contributed by atoms with E-state index in [0.717, 1.165) is 11.1 Å². The van der Waals surface area contributed by atoms with Gasteiger partial charge in [0.15, 0.2) is 0 Å². The van der Waals surface area contributed by atoms with Gasteiger partial charge >= 0.3 is 17.9 Å². The summed E-state index contributed by atoms with van der Waals surface area (Å²) in [5.41, 5.74) is 1.96. The van der Waals surface area contributed by atoms with Crippen molar-refractivity contribution in [3.8, 4) is 11.5 Å². The molecular weight excluding hydrogens is 999 g/mol. The van der Waals surface area contributed by atoms with Crippen molar-refractivity contribution in [2.24, 2.45) is 11.8 Å². The summed E-state index contributed by atoms with van der Waals surface area (Å²) < 4.78 is 30.0. The number of fused-ring (bicyclic) bond motifs is 4. The molecule has 5 aromatic carbocycles. The fraction of sp³-hybridized carbons (Fsp3) is 0.350. The van der Waals surface area contributed by atoms with Crippen LogP contribution in [0.25, 0.3) is 0 Å². The monoisotopic (exact) mass is 1060 g/mol. The number of unbranched alkanes of at least 4 members (excludes halogenated alkanes) is 1. The molecule has 18 nitrogen and oxygen atoms in total. The standard InChI is InChI=1S/C60H61N5O13/c1-3-30-76-57(71)48-51-58(72)78-52(38-17-8-5-9-18-38)50(37-15-6-4-7-16-37)65(51)53(60(48)44-21-10-11-22-45(44)63-59(60)73)39-24-26-41(27-25-39)75-32-33-77-56(70)43-35-47-54(68)62-46(23-12-13-28-61-36(2)67)55(69)64(47)49(43)40-19-14-20-42(34-40)74-31-29-66/h3-11,14-22,24-27,34,43,46-53,66H,1,12-13,23,28-33,35H2,2H3,(H,61,67)(H,62,68)(H,63,73)/t43-,46+,47-,48-,49-,50-,51-,52+,53+,60-/m1/s1. The molecule has 404 valence electrons. The highest BCUT2D eigenvalue weighted by Crippen LogP contribution is 2.65. The minimum atomic E-state index is -1.71. The Balaban J connectivity index is 0.923. The highest BCUT2D eigenvalue weighted by molar-refractivity contribution is 6.11. The number of nitrogens with one attached hydrogen (secondary N) is 3. The van der Waals surface area contributed by atoms with Crippen LogP contribution in [-0.2, 0) is 53.2 Å². The molecule has 0 unspecified atom stereocenters. The highest BCUT2D eigenvalue weighted by Gasteiger charge is 2.74. The number of piperazine rings is 1. The Kier molecular flexibility index (Phi) is 15.7. The summed E-state index contributed by atoms with van der Waals surface area (Å²) in [5, 5.41) is 18.1. The molecule has 0 saturated carbocycles. The van der Waals surface area contributed by atoms with E-state index < -0.39 is 83.4 Å². The van der Waals surface area contributed by atoms with Gasteiger partial charge in [0.25, 0.3) is 0 Å². The topological polar surface area (TPSA) is 228 Å². The number of aliphatic hydroxyl groups excluding tert-OH is 1. The van der Waals surface area contributed by atoms with E-state index in [1.807, 2.05) is 65.6 Å². The third-order valence-electron chi connectivity index (χ3n) is 15.4. The number of morpholine rings is 1. The zero-order chi connectivity index (χ0) is 54.5. The maximum atomic E-state index is 15.2. The first-order valence-electron chi connectivity index (χ1n) is 26.3. The molecule has 10 rings (SSSR count). The minimum Gasteiger partial charge on any atom is -0.491 e. The van der Waals surface area contributed by atoms with Crippen LogP contribution in [0.1, 0.15) is 84.7 Å². The maximum Gasteiger partial charge on any atom is 0.325 e. The average molecular weight is 1060 g/mol. The van der Waals surface area contributed by atoms with Gasteiger partial charge in [-0.3, -0.25) is 38.5 Å². The van der Waals surface area contributed by atoms with E-state index in [2.05, 4.69) is 22.5 Å². The summed E-state index contributed by atoms with van der Waals surface area (Å²) in [6.45, 7) is 4.95. The Labute approximate surface area is 451 Å². The molecule has 5 aromatic rings. The number of hydrogen-bond donors (Lipinski definition) is 4. The predicted molar refractivity (Wildman–Crippen MR) is 282 cm³/mol. The number of para-hydroxylation sites is 1. The molecule has 4 saturated heterocycles. The van der Waals surface area contributed by atoms with Crippen LogP contribution in [0.2, 0.25) is 0 Å². The molecule has 78 heavy (non-hydrogen) atoms. The third kappa shape index (κ3) is 9.97. The molecule has 0 aromatic heterocycles. The van der Waals surface area contributed by atoms with Gasteiger partial charge in [-0.2, -0.15) is 0 Å². The van der Waals surface area contributed by atoms with Crippen LogP contribution >= 0.6 is 0 Å².